The molecule has 152 valence electrons. The minimum absolute atomic E-state index is 0.00414. The Bertz CT molecular complexity index is 930. The van der Waals surface area contributed by atoms with Gasteiger partial charge in [-0.2, -0.15) is 0 Å². The molecule has 0 radical (unpaired) electrons. The number of benzene rings is 2. The molecule has 0 aromatic heterocycles. The third-order valence-electron chi connectivity index (χ3n) is 5.44. The van der Waals surface area contributed by atoms with Gasteiger partial charge in [0.25, 0.3) is 0 Å². The fourth-order valence-electron chi connectivity index (χ4n) is 3.71. The van der Waals surface area contributed by atoms with Gasteiger partial charge in [0.1, 0.15) is 11.6 Å². The van der Waals surface area contributed by atoms with Crippen molar-refractivity contribution in [1.82, 2.24) is 4.90 Å². The zero-order chi connectivity index (χ0) is 20.4. The molecule has 2 fully saturated rings. The predicted octanol–water partition coefficient (Wildman–Crippen LogP) is 4.72. The van der Waals surface area contributed by atoms with Gasteiger partial charge in [0, 0.05) is 36.3 Å². The fraction of sp³-hybridized carbons (Fsp3) is 0.364. The van der Waals surface area contributed by atoms with Crippen LogP contribution in [0.25, 0.3) is 0 Å². The number of carbonyl (C=O) groups is 2. The Kier molecular flexibility index (Phi) is 5.47. The van der Waals surface area contributed by atoms with Crippen molar-refractivity contribution in [3.05, 3.63) is 59.7 Å². The Balaban J connectivity index is 1.40. The minimum atomic E-state index is -0.479. The van der Waals surface area contributed by atoms with Gasteiger partial charge in [-0.05, 0) is 67.6 Å². The summed E-state index contributed by atoms with van der Waals surface area (Å²) in [5, 5.41) is 5.69. The summed E-state index contributed by atoms with van der Waals surface area (Å²) in [5.41, 5.74) is 1.52. The van der Waals surface area contributed by atoms with Crippen molar-refractivity contribution in [2.24, 2.45) is 5.92 Å². The van der Waals surface area contributed by atoms with Crippen LogP contribution in [0.1, 0.15) is 37.2 Å². The van der Waals surface area contributed by atoms with Crippen LogP contribution in [-0.2, 0) is 4.79 Å². The van der Waals surface area contributed by atoms with Crippen molar-refractivity contribution >= 4 is 23.3 Å². The summed E-state index contributed by atoms with van der Waals surface area (Å²) in [6.45, 7) is 0.877. The van der Waals surface area contributed by atoms with Crippen LogP contribution in [0.4, 0.5) is 25.0 Å². The molecule has 1 aliphatic carbocycles. The molecule has 0 spiro atoms. The summed E-state index contributed by atoms with van der Waals surface area (Å²) in [4.78, 5) is 26.2. The molecule has 4 rings (SSSR count). The van der Waals surface area contributed by atoms with E-state index in [1.807, 2.05) is 0 Å². The van der Waals surface area contributed by atoms with E-state index < -0.39 is 11.6 Å². The molecule has 1 aliphatic heterocycles. The number of amides is 3. The number of urea groups is 1. The Morgan fingerprint density at radius 1 is 0.966 bits per heavy atom. The summed E-state index contributed by atoms with van der Waals surface area (Å²) in [7, 11) is 0. The first-order valence-corrected chi connectivity index (χ1v) is 9.91. The Labute approximate surface area is 168 Å². The lowest BCUT2D eigenvalue weighted by molar-refractivity contribution is -0.117. The highest BCUT2D eigenvalue weighted by molar-refractivity contribution is 5.95. The van der Waals surface area contributed by atoms with E-state index in [0.29, 0.717) is 42.9 Å². The molecule has 29 heavy (non-hydrogen) atoms. The van der Waals surface area contributed by atoms with Gasteiger partial charge in [-0.25, -0.2) is 13.6 Å². The number of piperidine rings is 1. The maximum Gasteiger partial charge on any atom is 0.321 e. The third-order valence-corrected chi connectivity index (χ3v) is 5.44. The van der Waals surface area contributed by atoms with Crippen LogP contribution in [0.15, 0.2) is 42.5 Å². The molecule has 2 aliphatic rings. The Hall–Kier alpha value is -2.96. The molecule has 1 unspecified atom stereocenters. The van der Waals surface area contributed by atoms with Gasteiger partial charge in [-0.1, -0.05) is 6.07 Å². The maximum atomic E-state index is 14.1. The van der Waals surface area contributed by atoms with E-state index in [0.717, 1.165) is 25.0 Å². The van der Waals surface area contributed by atoms with E-state index >= 15 is 0 Å². The van der Waals surface area contributed by atoms with E-state index in [4.69, 9.17) is 0 Å². The normalized spacial score (nSPS) is 19.0. The van der Waals surface area contributed by atoms with Crippen LogP contribution in [0, 0.1) is 17.6 Å². The molecular weight excluding hydrogens is 376 g/mol. The van der Waals surface area contributed by atoms with Gasteiger partial charge in [0.15, 0.2) is 0 Å². The largest absolute Gasteiger partial charge is 0.326 e. The SMILES string of the molecule is O=C(Nc1cccc(NC(=O)N2CCCC(c3cc(F)ccc3F)C2)c1)C1CC1. The zero-order valence-corrected chi connectivity index (χ0v) is 16.0. The van der Waals surface area contributed by atoms with Gasteiger partial charge in [-0.3, -0.25) is 4.79 Å². The average Bonchev–Trinajstić information content (AvgIpc) is 3.56. The van der Waals surface area contributed by atoms with Crippen LogP contribution in [0.3, 0.4) is 0 Å². The van der Waals surface area contributed by atoms with Crippen molar-refractivity contribution in [3.8, 4) is 0 Å². The summed E-state index contributed by atoms with van der Waals surface area (Å²) in [6.07, 6.45) is 3.26. The first kappa shape index (κ1) is 19.4. The molecule has 2 aromatic rings. The van der Waals surface area contributed by atoms with Gasteiger partial charge < -0.3 is 15.5 Å². The highest BCUT2D eigenvalue weighted by Crippen LogP contribution is 2.31. The number of anilines is 2. The molecule has 2 N–H and O–H groups in total. The first-order valence-electron chi connectivity index (χ1n) is 9.91. The van der Waals surface area contributed by atoms with Crippen molar-refractivity contribution in [1.29, 1.82) is 0 Å². The molecule has 1 saturated heterocycles. The standard InChI is InChI=1S/C22H23F2N3O2/c23-16-8-9-20(24)19(11-16)15-3-2-10-27(13-15)22(29)26-18-5-1-4-17(12-18)25-21(28)14-6-7-14/h1,4-5,8-9,11-12,14-15H,2-3,6-7,10,13H2,(H,25,28)(H,26,29). The number of nitrogens with one attached hydrogen (secondary N) is 2. The second-order valence-corrected chi connectivity index (χ2v) is 7.73. The molecule has 0 bridgehead atoms. The van der Waals surface area contributed by atoms with Crippen LogP contribution in [0.5, 0.6) is 0 Å². The van der Waals surface area contributed by atoms with Crippen LogP contribution in [-0.4, -0.2) is 29.9 Å². The predicted molar refractivity (Wildman–Crippen MR) is 107 cm³/mol. The maximum absolute atomic E-state index is 14.1. The van der Waals surface area contributed by atoms with Crippen molar-refractivity contribution < 1.29 is 18.4 Å². The molecule has 1 atom stereocenters. The van der Waals surface area contributed by atoms with Crippen molar-refractivity contribution in [2.45, 2.75) is 31.6 Å². The minimum Gasteiger partial charge on any atom is -0.326 e. The summed E-state index contributed by atoms with van der Waals surface area (Å²) < 4.78 is 27.7. The molecule has 7 heteroatoms. The van der Waals surface area contributed by atoms with E-state index in [2.05, 4.69) is 10.6 Å². The summed E-state index contributed by atoms with van der Waals surface area (Å²) in [6, 6.07) is 10.2. The lowest BCUT2D eigenvalue weighted by Crippen LogP contribution is -2.41. The number of hydrogen-bond acceptors (Lipinski definition) is 2. The smallest absolute Gasteiger partial charge is 0.321 e. The zero-order valence-electron chi connectivity index (χ0n) is 16.0. The van der Waals surface area contributed by atoms with Crippen molar-refractivity contribution in [3.63, 3.8) is 0 Å². The van der Waals surface area contributed by atoms with Gasteiger partial charge in [-0.15, -0.1) is 0 Å². The monoisotopic (exact) mass is 399 g/mol. The van der Waals surface area contributed by atoms with E-state index in [-0.39, 0.29) is 23.8 Å². The third kappa shape index (κ3) is 4.72. The molecule has 3 amide bonds. The van der Waals surface area contributed by atoms with E-state index in [1.165, 1.54) is 6.07 Å². The van der Waals surface area contributed by atoms with Gasteiger partial charge in [0.05, 0.1) is 0 Å². The number of halogens is 2. The highest BCUT2D eigenvalue weighted by Gasteiger charge is 2.30. The second kappa shape index (κ2) is 8.19. The van der Waals surface area contributed by atoms with E-state index in [9.17, 15) is 18.4 Å². The Morgan fingerprint density at radius 2 is 1.72 bits per heavy atom. The Morgan fingerprint density at radius 3 is 2.48 bits per heavy atom. The second-order valence-electron chi connectivity index (χ2n) is 7.73. The lowest BCUT2D eigenvalue weighted by Gasteiger charge is -2.33. The van der Waals surface area contributed by atoms with Crippen LogP contribution in [0.2, 0.25) is 0 Å². The van der Waals surface area contributed by atoms with Gasteiger partial charge >= 0.3 is 6.03 Å². The molecule has 5 nitrogen and oxygen atoms in total. The molecule has 2 aromatic carbocycles. The number of rotatable bonds is 4. The number of likely N-dealkylation sites (tertiary alicyclic amines) is 1. The number of nitrogens with zero attached hydrogens (tertiary/aromatic N) is 1. The lowest BCUT2D eigenvalue weighted by atomic mass is 9.90. The number of hydrogen-bond donors (Lipinski definition) is 2. The van der Waals surface area contributed by atoms with Gasteiger partial charge in [0.2, 0.25) is 5.91 Å². The summed E-state index contributed by atoms with van der Waals surface area (Å²) in [5.74, 6) is -1.06. The highest BCUT2D eigenvalue weighted by atomic mass is 19.1. The molecule has 1 heterocycles. The van der Waals surface area contributed by atoms with Crippen LogP contribution >= 0.6 is 0 Å². The molecule has 1 saturated carbocycles. The topological polar surface area (TPSA) is 61.4 Å². The average molecular weight is 399 g/mol. The quantitative estimate of drug-likeness (QED) is 0.781. The van der Waals surface area contributed by atoms with Crippen LogP contribution < -0.4 is 10.6 Å². The summed E-state index contributed by atoms with van der Waals surface area (Å²) >= 11 is 0. The van der Waals surface area contributed by atoms with Crippen molar-refractivity contribution in [2.75, 3.05) is 23.7 Å². The molecular formula is C22H23F2N3O2. The van der Waals surface area contributed by atoms with E-state index in [1.54, 1.807) is 29.2 Å². The fourth-order valence-corrected chi connectivity index (χ4v) is 3.71. The number of carbonyl (C=O) groups excluding carboxylic acids is 2. The first-order chi connectivity index (χ1) is 14.0.